The molecule has 2 aromatic carbocycles. The minimum Gasteiger partial charge on any atom is -0.479 e. The van der Waals surface area contributed by atoms with E-state index in [9.17, 15) is 4.79 Å². The van der Waals surface area contributed by atoms with Gasteiger partial charge in [0.2, 0.25) is 0 Å². The van der Waals surface area contributed by atoms with Crippen molar-refractivity contribution in [1.82, 2.24) is 4.98 Å². The minimum absolute atomic E-state index is 0.130. The van der Waals surface area contributed by atoms with E-state index in [4.69, 9.17) is 19.0 Å². The summed E-state index contributed by atoms with van der Waals surface area (Å²) in [6.45, 7) is 1.46. The lowest BCUT2D eigenvalue weighted by atomic mass is 10.3. The smallest absolute Gasteiger partial charge is 0.400 e. The summed E-state index contributed by atoms with van der Waals surface area (Å²) < 4.78 is 17.2. The van der Waals surface area contributed by atoms with E-state index in [0.29, 0.717) is 22.6 Å². The molecule has 1 atom stereocenters. The molecule has 6 nitrogen and oxygen atoms in total. The van der Waals surface area contributed by atoms with Crippen LogP contribution in [0.5, 0.6) is 17.6 Å². The van der Waals surface area contributed by atoms with Gasteiger partial charge in [0.25, 0.3) is 0 Å². The Labute approximate surface area is 139 Å². The van der Waals surface area contributed by atoms with Crippen LogP contribution >= 0.6 is 15.9 Å². The van der Waals surface area contributed by atoms with Crippen molar-refractivity contribution >= 4 is 33.0 Å². The molecule has 3 rings (SSSR count). The van der Waals surface area contributed by atoms with Crippen LogP contribution in [-0.4, -0.2) is 22.2 Å². The lowest BCUT2D eigenvalue weighted by molar-refractivity contribution is -0.144. The average Bonchev–Trinajstić information content (AvgIpc) is 2.90. The van der Waals surface area contributed by atoms with Gasteiger partial charge in [0.05, 0.1) is 0 Å². The minimum atomic E-state index is -1.03. The Hall–Kier alpha value is -2.54. The fraction of sp³-hybridized carbons (Fsp3) is 0.125. The van der Waals surface area contributed by atoms with Gasteiger partial charge in [-0.3, -0.25) is 0 Å². The second-order valence-electron chi connectivity index (χ2n) is 4.76. The molecule has 23 heavy (non-hydrogen) atoms. The summed E-state index contributed by atoms with van der Waals surface area (Å²) in [5, 5.41) is 8.81. The first-order valence-electron chi connectivity index (χ1n) is 6.75. The Morgan fingerprint density at radius 3 is 2.61 bits per heavy atom. The van der Waals surface area contributed by atoms with E-state index >= 15 is 0 Å². The van der Waals surface area contributed by atoms with Crippen molar-refractivity contribution < 1.29 is 23.8 Å². The molecule has 0 aliphatic carbocycles. The molecule has 7 heteroatoms. The molecule has 1 aromatic heterocycles. The second kappa shape index (κ2) is 6.29. The number of oxazole rings is 1. The van der Waals surface area contributed by atoms with E-state index in [1.807, 2.05) is 12.1 Å². The van der Waals surface area contributed by atoms with Crippen LogP contribution in [0.2, 0.25) is 0 Å². The number of nitrogens with zero attached hydrogens (tertiary/aromatic N) is 1. The third kappa shape index (κ3) is 3.62. The van der Waals surface area contributed by atoms with Gasteiger partial charge in [-0.2, -0.15) is 4.98 Å². The molecule has 0 spiro atoms. The molecule has 0 aliphatic rings. The SMILES string of the molecule is CC(Oc1ccc(Oc2nc3ccc(Br)cc3o2)cc1)C(=O)O. The van der Waals surface area contributed by atoms with Gasteiger partial charge in [-0.05, 0) is 49.4 Å². The lowest BCUT2D eigenvalue weighted by Gasteiger charge is -2.10. The van der Waals surface area contributed by atoms with Gasteiger partial charge in [-0.1, -0.05) is 15.9 Å². The molecule has 118 valence electrons. The molecule has 0 fully saturated rings. The van der Waals surface area contributed by atoms with Gasteiger partial charge in [0.1, 0.15) is 17.0 Å². The quantitative estimate of drug-likeness (QED) is 0.716. The van der Waals surface area contributed by atoms with Crippen LogP contribution in [-0.2, 0) is 4.79 Å². The second-order valence-corrected chi connectivity index (χ2v) is 5.68. The summed E-state index contributed by atoms with van der Waals surface area (Å²) in [4.78, 5) is 15.0. The highest BCUT2D eigenvalue weighted by molar-refractivity contribution is 9.10. The highest BCUT2D eigenvalue weighted by atomic mass is 79.9. The van der Waals surface area contributed by atoms with E-state index in [0.717, 1.165) is 4.47 Å². The van der Waals surface area contributed by atoms with Crippen LogP contribution < -0.4 is 9.47 Å². The molecule has 1 N–H and O–H groups in total. The molecular formula is C16H12BrNO5. The molecule has 0 bridgehead atoms. The maximum atomic E-state index is 10.7. The molecule has 0 aliphatic heterocycles. The number of carboxylic acid groups (broad SMARTS) is 1. The number of halogens is 1. The number of ether oxygens (including phenoxy) is 2. The molecule has 1 unspecified atom stereocenters. The van der Waals surface area contributed by atoms with Crippen molar-refractivity contribution in [3.05, 3.63) is 46.9 Å². The Morgan fingerprint density at radius 1 is 1.22 bits per heavy atom. The van der Waals surface area contributed by atoms with Crippen LogP contribution in [0, 0.1) is 0 Å². The number of rotatable bonds is 5. The van der Waals surface area contributed by atoms with E-state index in [1.54, 1.807) is 30.3 Å². The van der Waals surface area contributed by atoms with E-state index in [1.165, 1.54) is 6.92 Å². The number of benzene rings is 2. The number of fused-ring (bicyclic) bond motifs is 1. The maximum Gasteiger partial charge on any atom is 0.400 e. The fourth-order valence-corrected chi connectivity index (χ4v) is 2.20. The lowest BCUT2D eigenvalue weighted by Crippen LogP contribution is -2.22. The largest absolute Gasteiger partial charge is 0.479 e. The first-order chi connectivity index (χ1) is 11.0. The molecule has 0 saturated carbocycles. The molecular weight excluding hydrogens is 366 g/mol. The average molecular weight is 378 g/mol. The zero-order valence-corrected chi connectivity index (χ0v) is 13.6. The third-order valence-corrected chi connectivity index (χ3v) is 3.51. The summed E-state index contributed by atoms with van der Waals surface area (Å²) in [5.74, 6) is -0.0809. The number of carboxylic acids is 1. The topological polar surface area (TPSA) is 81.8 Å². The molecule has 0 radical (unpaired) electrons. The fourth-order valence-electron chi connectivity index (χ4n) is 1.86. The van der Waals surface area contributed by atoms with Crippen LogP contribution in [0.1, 0.15) is 6.92 Å². The first-order valence-corrected chi connectivity index (χ1v) is 7.54. The number of hydrogen-bond donors (Lipinski definition) is 1. The van der Waals surface area contributed by atoms with Crippen molar-refractivity contribution in [3.63, 3.8) is 0 Å². The van der Waals surface area contributed by atoms with Crippen molar-refractivity contribution in [2.75, 3.05) is 0 Å². The normalized spacial score (nSPS) is 12.1. The molecule has 3 aromatic rings. The summed E-state index contributed by atoms with van der Waals surface area (Å²) >= 11 is 3.36. The van der Waals surface area contributed by atoms with E-state index < -0.39 is 12.1 Å². The predicted octanol–water partition coefficient (Wildman–Crippen LogP) is 4.23. The summed E-state index contributed by atoms with van der Waals surface area (Å²) in [6.07, 6.45) is -0.789. The zero-order chi connectivity index (χ0) is 16.4. The van der Waals surface area contributed by atoms with Crippen molar-refractivity contribution in [2.24, 2.45) is 0 Å². The Morgan fingerprint density at radius 2 is 1.91 bits per heavy atom. The monoisotopic (exact) mass is 377 g/mol. The van der Waals surface area contributed by atoms with Crippen LogP contribution in [0.3, 0.4) is 0 Å². The zero-order valence-electron chi connectivity index (χ0n) is 12.0. The predicted molar refractivity (Wildman–Crippen MR) is 86.0 cm³/mol. The number of carbonyl (C=O) groups is 1. The molecule has 0 saturated heterocycles. The Bertz CT molecular complexity index is 843. The van der Waals surface area contributed by atoms with E-state index in [2.05, 4.69) is 20.9 Å². The van der Waals surface area contributed by atoms with Gasteiger partial charge in [0.15, 0.2) is 11.7 Å². The number of aliphatic carboxylic acids is 1. The highest BCUT2D eigenvalue weighted by Gasteiger charge is 2.13. The first kappa shape index (κ1) is 15.4. The standard InChI is InChI=1S/C16H12BrNO5/c1-9(15(19)20)21-11-3-5-12(6-4-11)22-16-18-13-7-2-10(17)8-14(13)23-16/h2-9H,1H3,(H,19,20). The number of hydrogen-bond acceptors (Lipinski definition) is 5. The van der Waals surface area contributed by atoms with Gasteiger partial charge < -0.3 is 19.0 Å². The number of aromatic nitrogens is 1. The summed E-state index contributed by atoms with van der Waals surface area (Å²) in [6, 6.07) is 12.0. The van der Waals surface area contributed by atoms with Crippen LogP contribution in [0.4, 0.5) is 0 Å². The van der Waals surface area contributed by atoms with Crippen LogP contribution in [0.15, 0.2) is 51.4 Å². The Kier molecular flexibility index (Phi) is 4.20. The maximum absolute atomic E-state index is 10.7. The van der Waals surface area contributed by atoms with Crippen molar-refractivity contribution in [1.29, 1.82) is 0 Å². The van der Waals surface area contributed by atoms with Crippen LogP contribution in [0.25, 0.3) is 11.1 Å². The third-order valence-electron chi connectivity index (χ3n) is 3.02. The Balaban J connectivity index is 1.73. The van der Waals surface area contributed by atoms with Crippen molar-refractivity contribution in [2.45, 2.75) is 13.0 Å². The molecule has 1 heterocycles. The van der Waals surface area contributed by atoms with Gasteiger partial charge >= 0.3 is 12.0 Å². The van der Waals surface area contributed by atoms with Gasteiger partial charge in [-0.25, -0.2) is 4.79 Å². The van der Waals surface area contributed by atoms with Crippen molar-refractivity contribution in [3.8, 4) is 17.6 Å². The summed E-state index contributed by atoms with van der Waals surface area (Å²) in [7, 11) is 0. The van der Waals surface area contributed by atoms with Gasteiger partial charge in [0, 0.05) is 4.47 Å². The highest BCUT2D eigenvalue weighted by Crippen LogP contribution is 2.28. The summed E-state index contributed by atoms with van der Waals surface area (Å²) in [5.41, 5.74) is 1.31. The molecule has 0 amide bonds. The van der Waals surface area contributed by atoms with E-state index in [-0.39, 0.29) is 6.08 Å². The van der Waals surface area contributed by atoms with Gasteiger partial charge in [-0.15, -0.1) is 0 Å².